The van der Waals surface area contributed by atoms with Crippen LogP contribution in [0.15, 0.2) is 25.3 Å². The fourth-order valence-electron chi connectivity index (χ4n) is 6.09. The molecule has 3 aliphatic heterocycles. The van der Waals surface area contributed by atoms with Crippen molar-refractivity contribution < 1.29 is 29.0 Å². The van der Waals surface area contributed by atoms with Gasteiger partial charge in [0.15, 0.2) is 0 Å². The first-order valence-electron chi connectivity index (χ1n) is 11.9. The van der Waals surface area contributed by atoms with Gasteiger partial charge in [-0.15, -0.1) is 6.58 Å². The Morgan fingerprint density at radius 1 is 1.33 bits per heavy atom. The van der Waals surface area contributed by atoms with E-state index in [4.69, 9.17) is 9.47 Å². The molecule has 0 saturated carbocycles. The molecule has 0 aromatic carbocycles. The van der Waals surface area contributed by atoms with Crippen LogP contribution in [0, 0.1) is 17.8 Å². The van der Waals surface area contributed by atoms with Crippen LogP contribution in [0.25, 0.3) is 0 Å². The highest BCUT2D eigenvalue weighted by molar-refractivity contribution is 5.98. The molecular weight excluding hydrogens is 424 g/mol. The lowest BCUT2D eigenvalue weighted by Gasteiger charge is -2.38. The van der Waals surface area contributed by atoms with Crippen LogP contribution >= 0.6 is 0 Å². The van der Waals surface area contributed by atoms with E-state index in [1.54, 1.807) is 15.9 Å². The molecule has 0 aromatic rings. The Hall–Kier alpha value is -2.19. The van der Waals surface area contributed by atoms with E-state index in [2.05, 4.69) is 13.2 Å². The number of esters is 1. The molecule has 3 saturated heterocycles. The largest absolute Gasteiger partial charge is 0.461 e. The second-order valence-corrected chi connectivity index (χ2v) is 9.96. The third-order valence-corrected chi connectivity index (χ3v) is 7.69. The Morgan fingerprint density at radius 2 is 2.03 bits per heavy atom. The summed E-state index contributed by atoms with van der Waals surface area (Å²) in [4.78, 5) is 44.3. The summed E-state index contributed by atoms with van der Waals surface area (Å²) < 4.78 is 12.0. The van der Waals surface area contributed by atoms with Crippen LogP contribution in [0.1, 0.15) is 47.0 Å². The summed E-state index contributed by atoms with van der Waals surface area (Å²) >= 11 is 0. The molecule has 0 aromatic heterocycles. The summed E-state index contributed by atoms with van der Waals surface area (Å²) in [6, 6.07) is -0.933. The third kappa shape index (κ3) is 3.91. The molecule has 2 amide bonds. The molecule has 6 atom stereocenters. The molecule has 3 unspecified atom stereocenters. The maximum absolute atomic E-state index is 14.0. The number of fused-ring (bicyclic) bond motifs is 1. The summed E-state index contributed by atoms with van der Waals surface area (Å²) in [7, 11) is 0. The van der Waals surface area contributed by atoms with E-state index in [0.29, 0.717) is 32.4 Å². The van der Waals surface area contributed by atoms with Crippen molar-refractivity contribution in [3.8, 4) is 0 Å². The molecule has 8 nitrogen and oxygen atoms in total. The molecule has 3 heterocycles. The summed E-state index contributed by atoms with van der Waals surface area (Å²) in [6.07, 6.45) is 4.75. The predicted octanol–water partition coefficient (Wildman–Crippen LogP) is 1.92. The zero-order valence-electron chi connectivity index (χ0n) is 20.3. The normalized spacial score (nSPS) is 34.5. The van der Waals surface area contributed by atoms with Gasteiger partial charge in [0.05, 0.1) is 11.5 Å². The fourth-order valence-corrected chi connectivity index (χ4v) is 6.09. The highest BCUT2D eigenvalue weighted by atomic mass is 16.6. The summed E-state index contributed by atoms with van der Waals surface area (Å²) in [5, 5.41) is 9.26. The van der Waals surface area contributed by atoms with Gasteiger partial charge < -0.3 is 24.4 Å². The molecule has 0 radical (unpaired) electrons. The topological polar surface area (TPSA) is 96.4 Å². The number of likely N-dealkylation sites (tertiary alicyclic amines) is 1. The fraction of sp³-hybridized carbons (Fsp3) is 0.720. The summed E-state index contributed by atoms with van der Waals surface area (Å²) in [5.74, 6) is -2.54. The van der Waals surface area contributed by atoms with E-state index >= 15 is 0 Å². The van der Waals surface area contributed by atoms with Crippen molar-refractivity contribution in [3.63, 3.8) is 0 Å². The molecule has 3 aliphatic rings. The van der Waals surface area contributed by atoms with Crippen LogP contribution in [-0.2, 0) is 23.9 Å². The molecule has 3 fully saturated rings. The van der Waals surface area contributed by atoms with Gasteiger partial charge in [0.2, 0.25) is 11.8 Å². The Balaban J connectivity index is 2.08. The Kier molecular flexibility index (Phi) is 7.39. The first-order chi connectivity index (χ1) is 15.6. The summed E-state index contributed by atoms with van der Waals surface area (Å²) in [5.41, 5.74) is -1.98. The zero-order valence-corrected chi connectivity index (χ0v) is 20.3. The van der Waals surface area contributed by atoms with E-state index in [9.17, 15) is 19.5 Å². The number of aliphatic hydroxyl groups excluding tert-OH is 1. The number of aliphatic hydroxyl groups is 1. The van der Waals surface area contributed by atoms with Crippen LogP contribution in [-0.4, -0.2) is 82.3 Å². The van der Waals surface area contributed by atoms with Gasteiger partial charge in [0.1, 0.15) is 24.2 Å². The second-order valence-electron chi connectivity index (χ2n) is 9.96. The number of carbonyl (C=O) groups is 3. The van der Waals surface area contributed by atoms with Gasteiger partial charge >= 0.3 is 5.97 Å². The average Bonchev–Trinajstić information content (AvgIpc) is 3.27. The maximum atomic E-state index is 14.0. The lowest BCUT2D eigenvalue weighted by atomic mass is 9.62. The van der Waals surface area contributed by atoms with E-state index in [-0.39, 0.29) is 37.0 Å². The van der Waals surface area contributed by atoms with Gasteiger partial charge in [-0.1, -0.05) is 25.7 Å². The van der Waals surface area contributed by atoms with Crippen molar-refractivity contribution >= 4 is 17.8 Å². The minimum Gasteiger partial charge on any atom is -0.461 e. The number of rotatable bonds is 11. The van der Waals surface area contributed by atoms with Crippen molar-refractivity contribution in [2.24, 2.45) is 17.8 Å². The molecule has 8 heteroatoms. The van der Waals surface area contributed by atoms with Crippen molar-refractivity contribution in [2.75, 3.05) is 26.3 Å². The Morgan fingerprint density at radius 3 is 2.61 bits per heavy atom. The predicted molar refractivity (Wildman–Crippen MR) is 123 cm³/mol. The van der Waals surface area contributed by atoms with Gasteiger partial charge in [-0.2, -0.15) is 0 Å². The SMILES string of the molecule is C=CCOC(=O)[C@@H]1[C@H]2C(=O)N(CCCCO)C(C(=O)N(CC=C)C(C)C)C23CC(C)[C@@]1(C)O3. The number of unbranched alkanes of at least 4 members (excludes halogenated alkanes) is 1. The van der Waals surface area contributed by atoms with Crippen LogP contribution in [0.2, 0.25) is 0 Å². The van der Waals surface area contributed by atoms with Crippen molar-refractivity contribution in [2.45, 2.75) is 70.2 Å². The number of nitrogens with zero attached hydrogens (tertiary/aromatic N) is 2. The van der Waals surface area contributed by atoms with Crippen molar-refractivity contribution in [3.05, 3.63) is 25.3 Å². The maximum Gasteiger partial charge on any atom is 0.313 e. The molecular formula is C25H38N2O6. The number of amides is 2. The van der Waals surface area contributed by atoms with E-state index in [1.165, 1.54) is 6.08 Å². The molecule has 33 heavy (non-hydrogen) atoms. The van der Waals surface area contributed by atoms with Gasteiger partial charge in [-0.05, 0) is 46.0 Å². The lowest BCUT2D eigenvalue weighted by molar-refractivity contribution is -0.161. The quantitative estimate of drug-likeness (QED) is 0.286. The van der Waals surface area contributed by atoms with Crippen molar-refractivity contribution in [1.29, 1.82) is 0 Å². The van der Waals surface area contributed by atoms with Gasteiger partial charge in [-0.25, -0.2) is 0 Å². The van der Waals surface area contributed by atoms with Crippen molar-refractivity contribution in [1.82, 2.24) is 9.80 Å². The number of hydrogen-bond donors (Lipinski definition) is 1. The highest BCUT2D eigenvalue weighted by Gasteiger charge is 2.80. The van der Waals surface area contributed by atoms with E-state index < -0.39 is 35.0 Å². The molecule has 2 bridgehead atoms. The first kappa shape index (κ1) is 25.4. The monoisotopic (exact) mass is 462 g/mol. The summed E-state index contributed by atoms with van der Waals surface area (Å²) in [6.45, 7) is 15.8. The number of carbonyl (C=O) groups excluding carboxylic acids is 3. The minimum absolute atomic E-state index is 0.00586. The van der Waals surface area contributed by atoms with Crippen LogP contribution in [0.5, 0.6) is 0 Å². The van der Waals surface area contributed by atoms with E-state index in [1.807, 2.05) is 27.7 Å². The average molecular weight is 463 g/mol. The molecule has 1 spiro atoms. The molecule has 0 aliphatic carbocycles. The third-order valence-electron chi connectivity index (χ3n) is 7.69. The van der Waals surface area contributed by atoms with Crippen LogP contribution in [0.3, 0.4) is 0 Å². The van der Waals surface area contributed by atoms with Crippen LogP contribution < -0.4 is 0 Å². The number of ether oxygens (including phenoxy) is 2. The first-order valence-corrected chi connectivity index (χ1v) is 11.9. The smallest absolute Gasteiger partial charge is 0.313 e. The number of hydrogen-bond acceptors (Lipinski definition) is 6. The zero-order chi connectivity index (χ0) is 24.6. The second kappa shape index (κ2) is 9.58. The standard InChI is InChI=1S/C25H38N2O6/c1-7-11-26(16(3)4)22(30)20-25-15-17(5)24(6,33-25)19(23(31)32-14-8-2)18(25)21(29)27(20)12-9-10-13-28/h7-8,16-20,28H,1-2,9-15H2,3-6H3/t17?,18-,19-,20?,24+,25?/m0/s1. The minimum atomic E-state index is -1.09. The van der Waals surface area contributed by atoms with E-state index in [0.717, 1.165) is 0 Å². The molecule has 184 valence electrons. The Bertz CT molecular complexity index is 813. The van der Waals surface area contributed by atoms with Gasteiger partial charge in [0.25, 0.3) is 0 Å². The lowest BCUT2D eigenvalue weighted by Crippen LogP contribution is -2.57. The molecule has 1 N–H and O–H groups in total. The highest BCUT2D eigenvalue weighted by Crippen LogP contribution is 2.65. The molecule has 3 rings (SSSR count). The van der Waals surface area contributed by atoms with Crippen LogP contribution in [0.4, 0.5) is 0 Å². The van der Waals surface area contributed by atoms with Gasteiger partial charge in [0, 0.05) is 25.7 Å². The van der Waals surface area contributed by atoms with Gasteiger partial charge in [-0.3, -0.25) is 14.4 Å². The Labute approximate surface area is 196 Å².